The van der Waals surface area contributed by atoms with Crippen LogP contribution in [0.5, 0.6) is 5.75 Å². The zero-order valence-corrected chi connectivity index (χ0v) is 10.7. The van der Waals surface area contributed by atoms with E-state index in [2.05, 4.69) is 16.6 Å². The SMILES string of the molecule is C=C(C)C(=O)OCCCOc1ccc(N=[N+]=[N-])cc1. The Morgan fingerprint density at radius 3 is 2.63 bits per heavy atom. The Morgan fingerprint density at radius 1 is 1.37 bits per heavy atom. The van der Waals surface area contributed by atoms with Crippen LogP contribution in [0.3, 0.4) is 0 Å². The van der Waals surface area contributed by atoms with E-state index >= 15 is 0 Å². The topological polar surface area (TPSA) is 84.3 Å². The predicted molar refractivity (Wildman–Crippen MR) is 71.1 cm³/mol. The standard InChI is InChI=1S/C13H15N3O3/c1-10(2)13(17)19-9-3-8-18-12-6-4-11(5-7-12)15-16-14/h4-7H,1,3,8-9H2,2H3. The normalized spacial score (nSPS) is 9.32. The minimum Gasteiger partial charge on any atom is -0.493 e. The summed E-state index contributed by atoms with van der Waals surface area (Å²) in [7, 11) is 0. The third-order valence-corrected chi connectivity index (χ3v) is 2.14. The number of benzene rings is 1. The van der Waals surface area contributed by atoms with Crippen LogP contribution in [0.1, 0.15) is 13.3 Å². The fourth-order valence-corrected chi connectivity index (χ4v) is 1.20. The number of rotatable bonds is 7. The molecule has 100 valence electrons. The summed E-state index contributed by atoms with van der Waals surface area (Å²) in [6.45, 7) is 5.82. The molecule has 0 aliphatic carbocycles. The first-order chi connectivity index (χ1) is 9.13. The molecule has 0 amide bonds. The largest absolute Gasteiger partial charge is 0.493 e. The summed E-state index contributed by atoms with van der Waals surface area (Å²) in [4.78, 5) is 13.8. The van der Waals surface area contributed by atoms with Gasteiger partial charge in [0.15, 0.2) is 0 Å². The summed E-state index contributed by atoms with van der Waals surface area (Å²) in [6, 6.07) is 6.75. The molecule has 0 spiro atoms. The lowest BCUT2D eigenvalue weighted by Gasteiger charge is -2.07. The summed E-state index contributed by atoms with van der Waals surface area (Å²) in [6.07, 6.45) is 0.594. The highest BCUT2D eigenvalue weighted by molar-refractivity contribution is 5.86. The molecule has 0 atom stereocenters. The second kappa shape index (κ2) is 7.79. The van der Waals surface area contributed by atoms with Gasteiger partial charge >= 0.3 is 5.97 Å². The molecule has 0 bridgehead atoms. The summed E-state index contributed by atoms with van der Waals surface area (Å²) < 4.78 is 10.4. The van der Waals surface area contributed by atoms with Crippen LogP contribution in [0.25, 0.3) is 10.4 Å². The third-order valence-electron chi connectivity index (χ3n) is 2.14. The van der Waals surface area contributed by atoms with Gasteiger partial charge in [0.05, 0.1) is 13.2 Å². The molecule has 0 saturated heterocycles. The highest BCUT2D eigenvalue weighted by atomic mass is 16.5. The van der Waals surface area contributed by atoms with Crippen molar-refractivity contribution in [3.05, 3.63) is 46.9 Å². The third kappa shape index (κ3) is 5.61. The highest BCUT2D eigenvalue weighted by Crippen LogP contribution is 2.18. The van der Waals surface area contributed by atoms with Crippen LogP contribution in [0, 0.1) is 0 Å². The zero-order chi connectivity index (χ0) is 14.1. The Hall–Kier alpha value is -2.46. The van der Waals surface area contributed by atoms with E-state index in [-0.39, 0.29) is 0 Å². The Bertz CT molecular complexity index is 490. The van der Waals surface area contributed by atoms with Crippen LogP contribution in [-0.4, -0.2) is 19.2 Å². The quantitative estimate of drug-likeness (QED) is 0.188. The minimum atomic E-state index is -0.390. The molecule has 6 nitrogen and oxygen atoms in total. The van der Waals surface area contributed by atoms with Crippen molar-refractivity contribution in [3.63, 3.8) is 0 Å². The number of hydrogen-bond acceptors (Lipinski definition) is 4. The molecule has 0 fully saturated rings. The number of azide groups is 1. The predicted octanol–water partition coefficient (Wildman–Crippen LogP) is 3.52. The summed E-state index contributed by atoms with van der Waals surface area (Å²) in [5.74, 6) is 0.279. The molecule has 0 aliphatic rings. The molecule has 0 heterocycles. The number of ether oxygens (including phenoxy) is 2. The van der Waals surface area contributed by atoms with E-state index in [9.17, 15) is 4.79 Å². The Morgan fingerprint density at radius 2 is 2.05 bits per heavy atom. The fourth-order valence-electron chi connectivity index (χ4n) is 1.20. The molecule has 0 radical (unpaired) electrons. The van der Waals surface area contributed by atoms with E-state index in [1.54, 1.807) is 31.2 Å². The second-order valence-corrected chi connectivity index (χ2v) is 3.80. The molecule has 0 N–H and O–H groups in total. The number of carbonyl (C=O) groups excluding carboxylic acids is 1. The number of esters is 1. The summed E-state index contributed by atoms with van der Waals surface area (Å²) in [5.41, 5.74) is 9.17. The molecule has 0 aliphatic heterocycles. The Kier molecular flexibility index (Phi) is 5.98. The molecule has 1 rings (SSSR count). The molecular weight excluding hydrogens is 246 g/mol. The van der Waals surface area contributed by atoms with Crippen molar-refractivity contribution in [3.8, 4) is 5.75 Å². The first kappa shape index (κ1) is 14.6. The van der Waals surface area contributed by atoms with E-state index in [4.69, 9.17) is 15.0 Å². The van der Waals surface area contributed by atoms with E-state index < -0.39 is 5.97 Å². The molecule has 0 saturated carbocycles. The molecule has 19 heavy (non-hydrogen) atoms. The number of carbonyl (C=O) groups is 1. The molecule has 1 aromatic rings. The van der Waals surface area contributed by atoms with Crippen molar-refractivity contribution in [2.45, 2.75) is 13.3 Å². The van der Waals surface area contributed by atoms with Crippen LogP contribution in [0.4, 0.5) is 5.69 Å². The van der Waals surface area contributed by atoms with Crippen molar-refractivity contribution in [1.82, 2.24) is 0 Å². The van der Waals surface area contributed by atoms with Crippen molar-refractivity contribution >= 4 is 11.7 Å². The number of nitrogens with zero attached hydrogens (tertiary/aromatic N) is 3. The minimum absolute atomic E-state index is 0.294. The number of hydrogen-bond donors (Lipinski definition) is 0. The maximum absolute atomic E-state index is 11.1. The van der Waals surface area contributed by atoms with Crippen molar-refractivity contribution in [1.29, 1.82) is 0 Å². The van der Waals surface area contributed by atoms with Gasteiger partial charge in [-0.1, -0.05) is 11.7 Å². The molecule has 0 aromatic heterocycles. The van der Waals surface area contributed by atoms with Crippen LogP contribution in [0.2, 0.25) is 0 Å². The van der Waals surface area contributed by atoms with E-state index in [1.165, 1.54) is 0 Å². The van der Waals surface area contributed by atoms with Gasteiger partial charge in [0, 0.05) is 22.6 Å². The van der Waals surface area contributed by atoms with Gasteiger partial charge in [0.25, 0.3) is 0 Å². The zero-order valence-electron chi connectivity index (χ0n) is 10.7. The van der Waals surface area contributed by atoms with Gasteiger partial charge in [0.1, 0.15) is 5.75 Å². The van der Waals surface area contributed by atoms with Crippen LogP contribution >= 0.6 is 0 Å². The van der Waals surface area contributed by atoms with E-state index in [0.717, 1.165) is 0 Å². The van der Waals surface area contributed by atoms with Gasteiger partial charge in [-0.2, -0.15) is 0 Å². The van der Waals surface area contributed by atoms with E-state index in [0.29, 0.717) is 36.6 Å². The van der Waals surface area contributed by atoms with Gasteiger partial charge in [-0.15, -0.1) is 0 Å². The lowest BCUT2D eigenvalue weighted by atomic mass is 10.3. The first-order valence-electron chi connectivity index (χ1n) is 5.74. The van der Waals surface area contributed by atoms with Crippen LogP contribution in [-0.2, 0) is 9.53 Å². The van der Waals surface area contributed by atoms with E-state index in [1.807, 2.05) is 0 Å². The molecule has 0 unspecified atom stereocenters. The smallest absolute Gasteiger partial charge is 0.333 e. The Labute approximate surface area is 111 Å². The summed E-state index contributed by atoms with van der Waals surface area (Å²) in [5, 5.41) is 3.45. The first-order valence-corrected chi connectivity index (χ1v) is 5.74. The van der Waals surface area contributed by atoms with Gasteiger partial charge in [0.2, 0.25) is 0 Å². The van der Waals surface area contributed by atoms with Gasteiger partial charge in [-0.3, -0.25) is 0 Å². The van der Waals surface area contributed by atoms with Crippen LogP contribution in [0.15, 0.2) is 41.5 Å². The average Bonchev–Trinajstić information content (AvgIpc) is 2.40. The maximum Gasteiger partial charge on any atom is 0.333 e. The molecule has 6 heteroatoms. The maximum atomic E-state index is 11.1. The fraction of sp³-hybridized carbons (Fsp3) is 0.308. The highest BCUT2D eigenvalue weighted by Gasteiger charge is 2.02. The average molecular weight is 261 g/mol. The lowest BCUT2D eigenvalue weighted by Crippen LogP contribution is -2.09. The molecular formula is C13H15N3O3. The lowest BCUT2D eigenvalue weighted by molar-refractivity contribution is -0.139. The van der Waals surface area contributed by atoms with Crippen molar-refractivity contribution in [2.24, 2.45) is 5.11 Å². The van der Waals surface area contributed by atoms with Gasteiger partial charge in [-0.05, 0) is 36.7 Å². The molecule has 1 aromatic carbocycles. The Balaban J connectivity index is 2.24. The second-order valence-electron chi connectivity index (χ2n) is 3.80. The summed E-state index contributed by atoms with van der Waals surface area (Å²) >= 11 is 0. The monoisotopic (exact) mass is 261 g/mol. The van der Waals surface area contributed by atoms with Gasteiger partial charge < -0.3 is 9.47 Å². The van der Waals surface area contributed by atoms with Gasteiger partial charge in [-0.25, -0.2) is 4.79 Å². The van der Waals surface area contributed by atoms with Crippen molar-refractivity contribution < 1.29 is 14.3 Å². The van der Waals surface area contributed by atoms with Crippen LogP contribution < -0.4 is 4.74 Å². The van der Waals surface area contributed by atoms with Crippen molar-refractivity contribution in [2.75, 3.05) is 13.2 Å².